The summed E-state index contributed by atoms with van der Waals surface area (Å²) in [6, 6.07) is 4.42. The minimum absolute atomic E-state index is 0.0479. The van der Waals surface area contributed by atoms with Gasteiger partial charge in [-0.2, -0.15) is 0 Å². The normalized spacial score (nSPS) is 10.8. The Labute approximate surface area is 118 Å². The molecule has 1 aromatic rings. The van der Waals surface area contributed by atoms with Gasteiger partial charge >= 0.3 is 5.69 Å². The van der Waals surface area contributed by atoms with Crippen molar-refractivity contribution in [2.45, 2.75) is 39.8 Å². The van der Waals surface area contributed by atoms with E-state index < -0.39 is 4.92 Å². The molecule has 0 saturated heterocycles. The van der Waals surface area contributed by atoms with Gasteiger partial charge in [0, 0.05) is 12.1 Å². The lowest BCUT2D eigenvalue weighted by Gasteiger charge is -2.30. The Morgan fingerprint density at radius 3 is 2.20 bits per heavy atom. The van der Waals surface area contributed by atoms with E-state index >= 15 is 0 Å². The molecule has 0 unspecified atom stereocenters. The number of rotatable bonds is 5. The van der Waals surface area contributed by atoms with Crippen molar-refractivity contribution in [1.82, 2.24) is 4.90 Å². The van der Waals surface area contributed by atoms with Crippen LogP contribution in [0.15, 0.2) is 18.2 Å². The second-order valence-corrected chi connectivity index (χ2v) is 5.01. The molecular formula is C14H20N2O4. The van der Waals surface area contributed by atoms with Gasteiger partial charge in [0.15, 0.2) is 5.75 Å². The molecule has 110 valence electrons. The number of carbonyl (C=O) groups is 1. The summed E-state index contributed by atoms with van der Waals surface area (Å²) in [6.45, 7) is 7.52. The van der Waals surface area contributed by atoms with Gasteiger partial charge in [-0.05, 0) is 39.8 Å². The zero-order chi connectivity index (χ0) is 15.4. The standard InChI is InChI=1S/C14H20N2O4/c1-9(2)15(10(3)4)14(17)11-7-6-8-12(20-5)13(11)16(18)19/h6-10H,1-5H3. The number of carbonyl (C=O) groups excluding carboxylic acids is 1. The van der Waals surface area contributed by atoms with Crippen LogP contribution in [0.25, 0.3) is 0 Å². The fraction of sp³-hybridized carbons (Fsp3) is 0.500. The van der Waals surface area contributed by atoms with Crippen LogP contribution >= 0.6 is 0 Å². The largest absolute Gasteiger partial charge is 0.490 e. The molecule has 0 atom stereocenters. The fourth-order valence-corrected chi connectivity index (χ4v) is 2.25. The van der Waals surface area contributed by atoms with Gasteiger partial charge < -0.3 is 9.64 Å². The second kappa shape index (κ2) is 6.36. The molecule has 1 rings (SSSR count). The Balaban J connectivity index is 3.38. The summed E-state index contributed by atoms with van der Waals surface area (Å²) < 4.78 is 4.99. The van der Waals surface area contributed by atoms with Crippen molar-refractivity contribution in [3.8, 4) is 5.75 Å². The minimum Gasteiger partial charge on any atom is -0.490 e. The number of nitrogens with zero attached hydrogens (tertiary/aromatic N) is 2. The number of nitro benzene ring substituents is 1. The van der Waals surface area contributed by atoms with Crippen molar-refractivity contribution in [3.63, 3.8) is 0 Å². The average Bonchev–Trinajstić information content (AvgIpc) is 2.36. The molecule has 0 aromatic heterocycles. The van der Waals surface area contributed by atoms with Crippen molar-refractivity contribution >= 4 is 11.6 Å². The molecule has 0 saturated carbocycles. The summed E-state index contributed by atoms with van der Waals surface area (Å²) in [5.41, 5.74) is -0.233. The van der Waals surface area contributed by atoms with Crippen LogP contribution in [0, 0.1) is 10.1 Å². The summed E-state index contributed by atoms with van der Waals surface area (Å²) in [6.07, 6.45) is 0. The number of amides is 1. The smallest absolute Gasteiger partial charge is 0.323 e. The monoisotopic (exact) mass is 280 g/mol. The van der Waals surface area contributed by atoms with Gasteiger partial charge in [0.25, 0.3) is 5.91 Å². The molecule has 20 heavy (non-hydrogen) atoms. The van der Waals surface area contributed by atoms with Gasteiger partial charge in [-0.15, -0.1) is 0 Å². The first-order valence-electron chi connectivity index (χ1n) is 6.45. The van der Waals surface area contributed by atoms with Gasteiger partial charge in [-0.3, -0.25) is 14.9 Å². The Bertz CT molecular complexity index is 504. The maximum atomic E-state index is 12.6. The third-order valence-corrected chi connectivity index (χ3v) is 2.98. The second-order valence-electron chi connectivity index (χ2n) is 5.01. The van der Waals surface area contributed by atoms with Crippen LogP contribution in [0.2, 0.25) is 0 Å². The van der Waals surface area contributed by atoms with Crippen LogP contribution in [0.1, 0.15) is 38.1 Å². The van der Waals surface area contributed by atoms with Gasteiger partial charge in [0.05, 0.1) is 12.0 Å². The summed E-state index contributed by atoms with van der Waals surface area (Å²) in [7, 11) is 1.35. The van der Waals surface area contributed by atoms with Gasteiger partial charge in [0.1, 0.15) is 5.56 Å². The molecule has 0 N–H and O–H groups in total. The molecule has 0 aliphatic carbocycles. The van der Waals surface area contributed by atoms with E-state index in [4.69, 9.17) is 4.74 Å². The lowest BCUT2D eigenvalue weighted by atomic mass is 10.1. The van der Waals surface area contributed by atoms with Crippen molar-refractivity contribution in [1.29, 1.82) is 0 Å². The van der Waals surface area contributed by atoms with Crippen LogP contribution in [-0.2, 0) is 0 Å². The van der Waals surface area contributed by atoms with E-state index in [-0.39, 0.29) is 35.0 Å². The molecule has 1 aromatic carbocycles. The molecule has 0 heterocycles. The third-order valence-electron chi connectivity index (χ3n) is 2.98. The predicted molar refractivity (Wildman–Crippen MR) is 76.1 cm³/mol. The number of hydrogen-bond donors (Lipinski definition) is 0. The molecule has 6 nitrogen and oxygen atoms in total. The van der Waals surface area contributed by atoms with E-state index in [1.165, 1.54) is 19.2 Å². The highest BCUT2D eigenvalue weighted by molar-refractivity contribution is 5.99. The number of benzene rings is 1. The number of para-hydroxylation sites is 1. The molecule has 0 bridgehead atoms. The van der Waals surface area contributed by atoms with E-state index in [9.17, 15) is 14.9 Å². The zero-order valence-corrected chi connectivity index (χ0v) is 12.4. The Morgan fingerprint density at radius 2 is 1.80 bits per heavy atom. The molecule has 0 fully saturated rings. The maximum absolute atomic E-state index is 12.6. The molecule has 0 spiro atoms. The first-order chi connectivity index (χ1) is 9.31. The lowest BCUT2D eigenvalue weighted by molar-refractivity contribution is -0.386. The van der Waals surface area contributed by atoms with E-state index in [1.807, 2.05) is 27.7 Å². The van der Waals surface area contributed by atoms with Crippen molar-refractivity contribution in [2.75, 3.05) is 7.11 Å². The molecule has 6 heteroatoms. The van der Waals surface area contributed by atoms with Gasteiger partial charge in [-0.1, -0.05) is 6.07 Å². The van der Waals surface area contributed by atoms with Crippen molar-refractivity contribution in [3.05, 3.63) is 33.9 Å². The van der Waals surface area contributed by atoms with Gasteiger partial charge in [0.2, 0.25) is 0 Å². The van der Waals surface area contributed by atoms with Gasteiger partial charge in [-0.25, -0.2) is 0 Å². The van der Waals surface area contributed by atoms with Crippen LogP contribution < -0.4 is 4.74 Å². The average molecular weight is 280 g/mol. The summed E-state index contributed by atoms with van der Waals surface area (Å²) >= 11 is 0. The molecular weight excluding hydrogens is 260 g/mol. The number of hydrogen-bond acceptors (Lipinski definition) is 4. The Kier molecular flexibility index (Phi) is 5.07. The van der Waals surface area contributed by atoms with E-state index in [1.54, 1.807) is 11.0 Å². The Hall–Kier alpha value is -2.11. The van der Waals surface area contributed by atoms with E-state index in [0.29, 0.717) is 0 Å². The summed E-state index contributed by atoms with van der Waals surface area (Å²) in [4.78, 5) is 24.8. The SMILES string of the molecule is COc1cccc(C(=O)N(C(C)C)C(C)C)c1[N+](=O)[O-]. The number of nitro groups is 1. The van der Waals surface area contributed by atoms with Crippen LogP contribution in [0.5, 0.6) is 5.75 Å². The van der Waals surface area contributed by atoms with Crippen molar-refractivity contribution in [2.24, 2.45) is 0 Å². The third kappa shape index (κ3) is 3.07. The lowest BCUT2D eigenvalue weighted by Crippen LogP contribution is -2.42. The first kappa shape index (κ1) is 15.9. The molecule has 0 aliphatic heterocycles. The minimum atomic E-state index is -0.578. The Morgan fingerprint density at radius 1 is 1.25 bits per heavy atom. The number of ether oxygens (including phenoxy) is 1. The highest BCUT2D eigenvalue weighted by atomic mass is 16.6. The van der Waals surface area contributed by atoms with Crippen LogP contribution in [0.4, 0.5) is 5.69 Å². The van der Waals surface area contributed by atoms with Crippen molar-refractivity contribution < 1.29 is 14.5 Å². The molecule has 0 aliphatic rings. The summed E-state index contributed by atoms with van der Waals surface area (Å²) in [5.74, 6) is -0.270. The maximum Gasteiger partial charge on any atom is 0.323 e. The first-order valence-corrected chi connectivity index (χ1v) is 6.45. The highest BCUT2D eigenvalue weighted by Crippen LogP contribution is 2.32. The molecule has 0 radical (unpaired) electrons. The van der Waals surface area contributed by atoms with Crippen LogP contribution in [0.3, 0.4) is 0 Å². The highest BCUT2D eigenvalue weighted by Gasteiger charge is 2.30. The van der Waals surface area contributed by atoms with E-state index in [0.717, 1.165) is 0 Å². The summed E-state index contributed by atoms with van der Waals surface area (Å²) in [5, 5.41) is 11.2. The number of methoxy groups -OCH3 is 1. The zero-order valence-electron chi connectivity index (χ0n) is 12.4. The van der Waals surface area contributed by atoms with Crippen LogP contribution in [-0.4, -0.2) is 34.9 Å². The topological polar surface area (TPSA) is 72.7 Å². The fourth-order valence-electron chi connectivity index (χ4n) is 2.25. The predicted octanol–water partition coefficient (Wildman–Crippen LogP) is 2.86. The molecule has 1 amide bonds. The quantitative estimate of drug-likeness (QED) is 0.614. The van der Waals surface area contributed by atoms with E-state index in [2.05, 4.69) is 0 Å².